The predicted octanol–water partition coefficient (Wildman–Crippen LogP) is 3.12. The average molecular weight is 241 g/mol. The molecule has 1 rings (SSSR count). The van der Waals surface area contributed by atoms with Crippen LogP contribution in [0.3, 0.4) is 0 Å². The van der Waals surface area contributed by atoms with Gasteiger partial charge in [-0.1, -0.05) is 24.3 Å². The number of benzene rings is 1. The molecule has 0 aromatic heterocycles. The number of hydrogen-bond acceptors (Lipinski definition) is 1. The Morgan fingerprint density at radius 1 is 1.25 bits per heavy atom. The molecule has 0 saturated heterocycles. The lowest BCUT2D eigenvalue weighted by molar-refractivity contribution is -0.146. The topological polar surface area (TPSA) is 37.3 Å². The van der Waals surface area contributed by atoms with Crippen molar-refractivity contribution in [2.75, 3.05) is 5.88 Å². The molecule has 0 radical (unpaired) electrons. The van der Waals surface area contributed by atoms with Gasteiger partial charge in [-0.25, -0.2) is 0 Å². The number of carboxylic acids is 1. The van der Waals surface area contributed by atoms with E-state index >= 15 is 0 Å². The van der Waals surface area contributed by atoms with Crippen LogP contribution >= 0.6 is 11.6 Å². The first kappa shape index (κ1) is 13.0. The molecule has 0 heterocycles. The largest absolute Gasteiger partial charge is 0.481 e. The van der Waals surface area contributed by atoms with Crippen LogP contribution in [-0.2, 0) is 17.6 Å². The molecule has 0 bridgehead atoms. The highest BCUT2D eigenvalue weighted by Crippen LogP contribution is 2.22. The quantitative estimate of drug-likeness (QED) is 0.803. The molecule has 0 aliphatic heterocycles. The van der Waals surface area contributed by atoms with Crippen molar-refractivity contribution in [3.63, 3.8) is 0 Å². The number of alkyl halides is 1. The van der Waals surface area contributed by atoms with Gasteiger partial charge in [-0.3, -0.25) is 4.79 Å². The van der Waals surface area contributed by atoms with E-state index in [0.29, 0.717) is 12.3 Å². The molecule has 0 spiro atoms. The maximum Gasteiger partial charge on any atom is 0.309 e. The Hall–Kier alpha value is -1.02. The van der Waals surface area contributed by atoms with Gasteiger partial charge in [0.2, 0.25) is 0 Å². The summed E-state index contributed by atoms with van der Waals surface area (Å²) in [7, 11) is 0. The highest BCUT2D eigenvalue weighted by Gasteiger charge is 2.27. The van der Waals surface area contributed by atoms with Crippen LogP contribution in [0.25, 0.3) is 0 Å². The normalized spacial score (nSPS) is 11.4. The van der Waals surface area contributed by atoms with Gasteiger partial charge in [0, 0.05) is 5.88 Å². The van der Waals surface area contributed by atoms with Crippen molar-refractivity contribution in [1.29, 1.82) is 0 Å². The number of hydrogen-bond donors (Lipinski definition) is 1. The summed E-state index contributed by atoms with van der Waals surface area (Å²) in [6.45, 7) is 3.48. The molecule has 0 atom stereocenters. The Bertz CT molecular complexity index is 355. The van der Waals surface area contributed by atoms with E-state index in [4.69, 9.17) is 16.7 Å². The minimum atomic E-state index is -0.766. The molecule has 1 N–H and O–H groups in total. The first-order valence-electron chi connectivity index (χ1n) is 5.33. The summed E-state index contributed by atoms with van der Waals surface area (Å²) >= 11 is 5.65. The molecule has 88 valence electrons. The molecule has 0 saturated carbocycles. The fourth-order valence-corrected chi connectivity index (χ4v) is 1.74. The number of carboxylic acid groups (broad SMARTS) is 1. The monoisotopic (exact) mass is 240 g/mol. The second-order valence-corrected chi connectivity index (χ2v) is 5.00. The summed E-state index contributed by atoms with van der Waals surface area (Å²) in [5.74, 6) is -0.155. The number of aryl methyl sites for hydroxylation is 1. The lowest BCUT2D eigenvalue weighted by atomic mass is 9.86. The van der Waals surface area contributed by atoms with E-state index in [9.17, 15) is 4.79 Å². The van der Waals surface area contributed by atoms with Crippen molar-refractivity contribution in [1.82, 2.24) is 0 Å². The van der Waals surface area contributed by atoms with Gasteiger partial charge in [0.15, 0.2) is 0 Å². The molecule has 0 aliphatic carbocycles. The molecule has 0 unspecified atom stereocenters. The van der Waals surface area contributed by atoms with Gasteiger partial charge in [-0.2, -0.15) is 0 Å². The van der Waals surface area contributed by atoms with E-state index < -0.39 is 11.4 Å². The van der Waals surface area contributed by atoms with Crippen molar-refractivity contribution < 1.29 is 9.90 Å². The summed E-state index contributed by atoms with van der Waals surface area (Å²) in [6.07, 6.45) is 1.40. The number of halogens is 1. The Balaban J connectivity index is 2.72. The van der Waals surface area contributed by atoms with Gasteiger partial charge in [0.1, 0.15) is 0 Å². The second kappa shape index (κ2) is 5.35. The smallest absolute Gasteiger partial charge is 0.309 e. The van der Waals surface area contributed by atoms with Crippen LogP contribution < -0.4 is 0 Å². The van der Waals surface area contributed by atoms with E-state index in [-0.39, 0.29) is 0 Å². The molecule has 0 aliphatic rings. The van der Waals surface area contributed by atoms with Crippen LogP contribution in [0.2, 0.25) is 0 Å². The molecule has 2 nitrogen and oxygen atoms in total. The minimum absolute atomic E-state index is 0.545. The Morgan fingerprint density at radius 3 is 2.19 bits per heavy atom. The molecule has 0 fully saturated rings. The zero-order valence-corrected chi connectivity index (χ0v) is 10.4. The van der Waals surface area contributed by atoms with Gasteiger partial charge < -0.3 is 5.11 Å². The van der Waals surface area contributed by atoms with Crippen LogP contribution in [-0.4, -0.2) is 17.0 Å². The van der Waals surface area contributed by atoms with Crippen LogP contribution in [0.1, 0.15) is 25.0 Å². The number of aliphatic carboxylic acids is 1. The highest BCUT2D eigenvalue weighted by atomic mass is 35.5. The first-order valence-corrected chi connectivity index (χ1v) is 5.86. The van der Waals surface area contributed by atoms with E-state index in [2.05, 4.69) is 0 Å². The van der Waals surface area contributed by atoms with E-state index in [0.717, 1.165) is 12.0 Å². The second-order valence-electron chi connectivity index (χ2n) is 4.62. The summed E-state index contributed by atoms with van der Waals surface area (Å²) in [4.78, 5) is 11.0. The fraction of sp³-hybridized carbons (Fsp3) is 0.462. The van der Waals surface area contributed by atoms with Gasteiger partial charge in [0.25, 0.3) is 0 Å². The van der Waals surface area contributed by atoms with E-state index in [1.807, 2.05) is 24.3 Å². The molecule has 3 heteroatoms. The Labute approximate surface area is 101 Å². The fourth-order valence-electron chi connectivity index (χ4n) is 1.52. The number of rotatable bonds is 5. The predicted molar refractivity (Wildman–Crippen MR) is 66.0 cm³/mol. The van der Waals surface area contributed by atoms with Crippen molar-refractivity contribution in [3.8, 4) is 0 Å². The maximum absolute atomic E-state index is 11.0. The molecule has 16 heavy (non-hydrogen) atoms. The standard InChI is InChI=1S/C13H17ClO2/c1-13(2,12(15)16)9-11-5-3-10(4-6-11)7-8-14/h3-6H,7-9H2,1-2H3,(H,15,16). The van der Waals surface area contributed by atoms with E-state index in [1.54, 1.807) is 13.8 Å². The molecule has 1 aromatic rings. The maximum atomic E-state index is 11.0. The highest BCUT2D eigenvalue weighted by molar-refractivity contribution is 6.17. The molecule has 0 amide bonds. The van der Waals surface area contributed by atoms with Gasteiger partial charge in [-0.15, -0.1) is 11.6 Å². The average Bonchev–Trinajstić information content (AvgIpc) is 2.21. The van der Waals surface area contributed by atoms with Crippen molar-refractivity contribution in [2.24, 2.45) is 5.41 Å². The Kier molecular flexibility index (Phi) is 4.36. The summed E-state index contributed by atoms with van der Waals surface area (Å²) in [5, 5.41) is 9.02. The van der Waals surface area contributed by atoms with Crippen molar-refractivity contribution in [2.45, 2.75) is 26.7 Å². The lowest BCUT2D eigenvalue weighted by Crippen LogP contribution is -2.26. The van der Waals surface area contributed by atoms with Gasteiger partial charge >= 0.3 is 5.97 Å². The summed E-state index contributed by atoms with van der Waals surface area (Å²) in [5.41, 5.74) is 1.52. The molecule has 1 aromatic carbocycles. The lowest BCUT2D eigenvalue weighted by Gasteiger charge is -2.19. The number of carbonyl (C=O) groups is 1. The molecular weight excluding hydrogens is 224 g/mol. The Morgan fingerprint density at radius 2 is 1.75 bits per heavy atom. The SMILES string of the molecule is CC(C)(Cc1ccc(CCCl)cc1)C(=O)O. The van der Waals surface area contributed by atoms with Crippen LogP contribution in [0, 0.1) is 5.41 Å². The van der Waals surface area contributed by atoms with Crippen molar-refractivity contribution >= 4 is 17.6 Å². The summed E-state index contributed by atoms with van der Waals surface area (Å²) < 4.78 is 0. The van der Waals surface area contributed by atoms with E-state index in [1.165, 1.54) is 5.56 Å². The third kappa shape index (κ3) is 3.53. The first-order chi connectivity index (χ1) is 7.45. The zero-order valence-electron chi connectivity index (χ0n) is 9.66. The van der Waals surface area contributed by atoms with Gasteiger partial charge in [-0.05, 0) is 37.8 Å². The third-order valence-electron chi connectivity index (χ3n) is 2.63. The molecular formula is C13H17ClO2. The van der Waals surface area contributed by atoms with Crippen LogP contribution in [0.15, 0.2) is 24.3 Å². The van der Waals surface area contributed by atoms with Crippen molar-refractivity contribution in [3.05, 3.63) is 35.4 Å². The summed E-state index contributed by atoms with van der Waals surface area (Å²) in [6, 6.07) is 7.98. The minimum Gasteiger partial charge on any atom is -0.481 e. The zero-order chi connectivity index (χ0) is 12.2. The van der Waals surface area contributed by atoms with Crippen LogP contribution in [0.5, 0.6) is 0 Å². The third-order valence-corrected chi connectivity index (χ3v) is 2.82. The van der Waals surface area contributed by atoms with Crippen LogP contribution in [0.4, 0.5) is 0 Å². The van der Waals surface area contributed by atoms with Gasteiger partial charge in [0.05, 0.1) is 5.41 Å².